The Morgan fingerprint density at radius 2 is 1.67 bits per heavy atom. The van der Waals surface area contributed by atoms with Crippen molar-refractivity contribution in [3.63, 3.8) is 0 Å². The van der Waals surface area contributed by atoms with Crippen LogP contribution in [-0.4, -0.2) is 4.98 Å². The van der Waals surface area contributed by atoms with Crippen LogP contribution in [0.4, 0.5) is 0 Å². The Labute approximate surface area is 130 Å². The minimum Gasteiger partial charge on any atom is -0.241 e. The Bertz CT molecular complexity index is 765. The maximum absolute atomic E-state index is 4.86. The monoisotopic (exact) mass is 293 g/mol. The van der Waals surface area contributed by atoms with Gasteiger partial charge in [0.05, 0.1) is 10.5 Å². The molecular formula is C19H19NS. The topological polar surface area (TPSA) is 12.9 Å². The third-order valence-corrected chi connectivity index (χ3v) is 4.87. The smallest absolute Gasteiger partial charge is 0.0976 e. The van der Waals surface area contributed by atoms with Gasteiger partial charge in [-0.1, -0.05) is 60.3 Å². The number of para-hydroxylation sites is 1. The third kappa shape index (κ3) is 2.96. The summed E-state index contributed by atoms with van der Waals surface area (Å²) >= 11 is 1.82. The SMILES string of the molecule is Cc1cc(SC(C)c2ccccc2)nc2c(C)cccc12. The van der Waals surface area contributed by atoms with Crippen LogP contribution in [0.3, 0.4) is 0 Å². The third-order valence-electron chi connectivity index (χ3n) is 3.79. The van der Waals surface area contributed by atoms with E-state index in [1.54, 1.807) is 0 Å². The molecule has 0 fully saturated rings. The molecule has 1 heterocycles. The molecule has 2 heteroatoms. The van der Waals surface area contributed by atoms with E-state index in [-0.39, 0.29) is 0 Å². The predicted molar refractivity (Wildman–Crippen MR) is 91.9 cm³/mol. The number of hydrogen-bond donors (Lipinski definition) is 0. The summed E-state index contributed by atoms with van der Waals surface area (Å²) in [6, 6.07) is 19.2. The first kappa shape index (κ1) is 14.2. The summed E-state index contributed by atoms with van der Waals surface area (Å²) < 4.78 is 0. The lowest BCUT2D eigenvalue weighted by Gasteiger charge is -2.13. The van der Waals surface area contributed by atoms with Gasteiger partial charge < -0.3 is 0 Å². The second-order valence-corrected chi connectivity index (χ2v) is 6.78. The van der Waals surface area contributed by atoms with Crippen LogP contribution in [0.1, 0.15) is 28.9 Å². The molecule has 0 aliphatic heterocycles. The van der Waals surface area contributed by atoms with Crippen LogP contribution in [-0.2, 0) is 0 Å². The van der Waals surface area contributed by atoms with Crippen molar-refractivity contribution in [3.8, 4) is 0 Å². The minimum absolute atomic E-state index is 0.402. The molecule has 0 aliphatic carbocycles. The number of aryl methyl sites for hydroxylation is 2. The van der Waals surface area contributed by atoms with E-state index in [1.807, 2.05) is 11.8 Å². The lowest BCUT2D eigenvalue weighted by Crippen LogP contribution is -1.93. The van der Waals surface area contributed by atoms with E-state index in [0.717, 1.165) is 10.5 Å². The zero-order valence-electron chi connectivity index (χ0n) is 12.6. The molecule has 0 aliphatic rings. The Morgan fingerprint density at radius 1 is 0.905 bits per heavy atom. The molecule has 1 unspecified atom stereocenters. The zero-order valence-corrected chi connectivity index (χ0v) is 13.4. The van der Waals surface area contributed by atoms with Gasteiger partial charge >= 0.3 is 0 Å². The summed E-state index contributed by atoms with van der Waals surface area (Å²) in [5, 5.41) is 2.76. The van der Waals surface area contributed by atoms with Gasteiger partial charge in [-0.05, 0) is 43.5 Å². The van der Waals surface area contributed by atoms with Gasteiger partial charge in [0.2, 0.25) is 0 Å². The van der Waals surface area contributed by atoms with Crippen molar-refractivity contribution < 1.29 is 0 Å². The van der Waals surface area contributed by atoms with Crippen LogP contribution in [0.25, 0.3) is 10.9 Å². The fourth-order valence-electron chi connectivity index (χ4n) is 2.56. The van der Waals surface area contributed by atoms with Crippen molar-refractivity contribution in [1.29, 1.82) is 0 Å². The molecule has 2 aromatic carbocycles. The Morgan fingerprint density at radius 3 is 2.43 bits per heavy atom. The van der Waals surface area contributed by atoms with Crippen LogP contribution in [0.15, 0.2) is 59.6 Å². The van der Waals surface area contributed by atoms with Crippen LogP contribution < -0.4 is 0 Å². The van der Waals surface area contributed by atoms with Crippen LogP contribution >= 0.6 is 11.8 Å². The quantitative estimate of drug-likeness (QED) is 0.574. The molecule has 0 saturated carbocycles. The number of benzene rings is 2. The van der Waals surface area contributed by atoms with Gasteiger partial charge in [0.25, 0.3) is 0 Å². The molecule has 1 aromatic heterocycles. The normalized spacial score (nSPS) is 12.5. The van der Waals surface area contributed by atoms with Crippen molar-refractivity contribution in [1.82, 2.24) is 4.98 Å². The largest absolute Gasteiger partial charge is 0.241 e. The molecule has 0 spiro atoms. The molecule has 3 aromatic rings. The first-order valence-corrected chi connectivity index (χ1v) is 8.11. The van der Waals surface area contributed by atoms with Gasteiger partial charge in [-0.3, -0.25) is 0 Å². The van der Waals surface area contributed by atoms with Gasteiger partial charge in [-0.2, -0.15) is 0 Å². The molecule has 0 radical (unpaired) electrons. The molecule has 0 saturated heterocycles. The molecule has 3 rings (SSSR count). The number of nitrogens with zero attached hydrogens (tertiary/aromatic N) is 1. The van der Waals surface area contributed by atoms with E-state index in [2.05, 4.69) is 75.4 Å². The lowest BCUT2D eigenvalue weighted by atomic mass is 10.1. The summed E-state index contributed by atoms with van der Waals surface area (Å²) in [6.07, 6.45) is 0. The maximum Gasteiger partial charge on any atom is 0.0976 e. The summed E-state index contributed by atoms with van der Waals surface area (Å²) in [7, 11) is 0. The van der Waals surface area contributed by atoms with Gasteiger partial charge in [0.15, 0.2) is 0 Å². The van der Waals surface area contributed by atoms with E-state index in [1.165, 1.54) is 22.1 Å². The molecule has 21 heavy (non-hydrogen) atoms. The Kier molecular flexibility index (Phi) is 3.98. The van der Waals surface area contributed by atoms with Crippen molar-refractivity contribution in [2.75, 3.05) is 0 Å². The summed E-state index contributed by atoms with van der Waals surface area (Å²) in [6.45, 7) is 6.53. The number of fused-ring (bicyclic) bond motifs is 1. The molecule has 1 nitrogen and oxygen atoms in total. The minimum atomic E-state index is 0.402. The second kappa shape index (κ2) is 5.90. The first-order chi connectivity index (χ1) is 10.1. The molecule has 0 bridgehead atoms. The van der Waals surface area contributed by atoms with Crippen LogP contribution in [0.5, 0.6) is 0 Å². The molecule has 0 amide bonds. The van der Waals surface area contributed by atoms with E-state index in [4.69, 9.17) is 4.98 Å². The zero-order chi connectivity index (χ0) is 14.8. The molecule has 106 valence electrons. The highest BCUT2D eigenvalue weighted by Gasteiger charge is 2.10. The van der Waals surface area contributed by atoms with Crippen molar-refractivity contribution in [3.05, 3.63) is 71.3 Å². The summed E-state index contributed by atoms with van der Waals surface area (Å²) in [4.78, 5) is 4.86. The summed E-state index contributed by atoms with van der Waals surface area (Å²) in [5.41, 5.74) is 5.00. The average molecular weight is 293 g/mol. The Hall–Kier alpha value is -1.80. The first-order valence-electron chi connectivity index (χ1n) is 7.24. The highest BCUT2D eigenvalue weighted by atomic mass is 32.2. The predicted octanol–water partition coefficient (Wildman–Crippen LogP) is 5.70. The van der Waals surface area contributed by atoms with Crippen molar-refractivity contribution in [2.24, 2.45) is 0 Å². The number of hydrogen-bond acceptors (Lipinski definition) is 2. The van der Waals surface area contributed by atoms with Gasteiger partial charge in [-0.15, -0.1) is 0 Å². The fourth-order valence-corrected chi connectivity index (χ4v) is 3.61. The van der Waals surface area contributed by atoms with Crippen molar-refractivity contribution >= 4 is 22.7 Å². The van der Waals surface area contributed by atoms with E-state index in [0.29, 0.717) is 5.25 Å². The number of rotatable bonds is 3. The molecular weight excluding hydrogens is 274 g/mol. The lowest BCUT2D eigenvalue weighted by molar-refractivity contribution is 1.07. The number of aromatic nitrogens is 1. The highest BCUT2D eigenvalue weighted by molar-refractivity contribution is 7.99. The van der Waals surface area contributed by atoms with Crippen molar-refractivity contribution in [2.45, 2.75) is 31.0 Å². The summed E-state index contributed by atoms with van der Waals surface area (Å²) in [5.74, 6) is 0. The number of pyridine rings is 1. The van der Waals surface area contributed by atoms with Gasteiger partial charge in [-0.25, -0.2) is 4.98 Å². The van der Waals surface area contributed by atoms with Crippen LogP contribution in [0, 0.1) is 13.8 Å². The van der Waals surface area contributed by atoms with E-state index < -0.39 is 0 Å². The highest BCUT2D eigenvalue weighted by Crippen LogP contribution is 2.35. The van der Waals surface area contributed by atoms with E-state index >= 15 is 0 Å². The average Bonchev–Trinajstić information content (AvgIpc) is 2.49. The Balaban J connectivity index is 1.96. The van der Waals surface area contributed by atoms with Crippen LogP contribution in [0.2, 0.25) is 0 Å². The fraction of sp³-hybridized carbons (Fsp3) is 0.211. The van der Waals surface area contributed by atoms with Gasteiger partial charge in [0, 0.05) is 10.6 Å². The standard InChI is InChI=1S/C19H19NS/c1-13-8-7-11-17-14(2)12-18(20-19(13)17)21-15(3)16-9-5-4-6-10-16/h4-12,15H,1-3H3. The second-order valence-electron chi connectivity index (χ2n) is 5.42. The maximum atomic E-state index is 4.86. The molecule has 0 N–H and O–H groups in total. The van der Waals surface area contributed by atoms with Gasteiger partial charge in [0.1, 0.15) is 0 Å². The van der Waals surface area contributed by atoms with E-state index in [9.17, 15) is 0 Å². The number of thioether (sulfide) groups is 1. The molecule has 1 atom stereocenters.